The Kier molecular flexibility index (Phi) is 2.05. The van der Waals surface area contributed by atoms with Crippen molar-refractivity contribution in [1.82, 2.24) is 0 Å². The van der Waals surface area contributed by atoms with Gasteiger partial charge in [-0.2, -0.15) is 0 Å². The van der Waals surface area contributed by atoms with Crippen molar-refractivity contribution in [2.45, 2.75) is 58.8 Å². The minimum atomic E-state index is 0.343. The quantitative estimate of drug-likeness (QED) is 0.589. The summed E-state index contributed by atoms with van der Waals surface area (Å²) < 4.78 is 0. The molecule has 0 aromatic heterocycles. The van der Waals surface area contributed by atoms with Gasteiger partial charge in [0.2, 0.25) is 0 Å². The van der Waals surface area contributed by atoms with E-state index in [1.54, 1.807) is 11.1 Å². The zero-order valence-corrected chi connectivity index (χ0v) is 10.9. The molecule has 2 rings (SSSR count). The van der Waals surface area contributed by atoms with Gasteiger partial charge in [-0.25, -0.2) is 0 Å². The van der Waals surface area contributed by atoms with Crippen molar-refractivity contribution in [3.05, 3.63) is 34.4 Å². The van der Waals surface area contributed by atoms with Crippen LogP contribution in [0.5, 0.6) is 0 Å². The number of fused-ring (bicyclic) bond motifs is 1. The van der Waals surface area contributed by atoms with E-state index in [-0.39, 0.29) is 0 Å². The molecule has 1 aliphatic rings. The van der Waals surface area contributed by atoms with Gasteiger partial charge in [0.1, 0.15) is 0 Å². The van der Waals surface area contributed by atoms with Gasteiger partial charge in [0.05, 0.1) is 0 Å². The first-order valence-corrected chi connectivity index (χ1v) is 5.86. The number of rotatable bonds is 0. The van der Waals surface area contributed by atoms with Gasteiger partial charge in [0, 0.05) is 0 Å². The van der Waals surface area contributed by atoms with Crippen LogP contribution in [0.4, 0.5) is 0 Å². The maximum Gasteiger partial charge on any atom is -0.00897 e. The third-order valence-electron chi connectivity index (χ3n) is 3.77. The fourth-order valence-corrected chi connectivity index (χ4v) is 3.69. The lowest BCUT2D eigenvalue weighted by molar-refractivity contribution is 0.402. The van der Waals surface area contributed by atoms with Crippen LogP contribution in [0.3, 0.4) is 0 Å². The molecule has 0 radical (unpaired) electrons. The summed E-state index contributed by atoms with van der Waals surface area (Å²) in [5.74, 6) is 0. The SMILES string of the molecule is Cc1cc(C)c2c(c1)C(C)(C)CC2(C)C. The van der Waals surface area contributed by atoms with Crippen LogP contribution in [0.15, 0.2) is 12.1 Å². The van der Waals surface area contributed by atoms with Crippen molar-refractivity contribution >= 4 is 0 Å². The first kappa shape index (κ1) is 10.7. The van der Waals surface area contributed by atoms with Crippen LogP contribution in [-0.4, -0.2) is 0 Å². The molecule has 0 heteroatoms. The van der Waals surface area contributed by atoms with Crippen LogP contribution >= 0.6 is 0 Å². The monoisotopic (exact) mass is 202 g/mol. The van der Waals surface area contributed by atoms with E-state index in [0.29, 0.717) is 10.8 Å². The average Bonchev–Trinajstić information content (AvgIpc) is 2.15. The Morgan fingerprint density at radius 2 is 1.53 bits per heavy atom. The molecule has 1 aliphatic carbocycles. The van der Waals surface area contributed by atoms with Gasteiger partial charge in [-0.05, 0) is 47.8 Å². The van der Waals surface area contributed by atoms with Crippen molar-refractivity contribution in [1.29, 1.82) is 0 Å². The summed E-state index contributed by atoms with van der Waals surface area (Å²) in [5, 5.41) is 0. The maximum absolute atomic E-state index is 2.39. The second-order valence-electron chi connectivity index (χ2n) is 6.45. The van der Waals surface area contributed by atoms with Crippen molar-refractivity contribution < 1.29 is 0 Å². The minimum absolute atomic E-state index is 0.343. The van der Waals surface area contributed by atoms with Gasteiger partial charge in [0.25, 0.3) is 0 Å². The average molecular weight is 202 g/mol. The zero-order chi connectivity index (χ0) is 11.4. The molecule has 0 saturated carbocycles. The molecular weight excluding hydrogens is 180 g/mol. The Labute approximate surface area is 93.7 Å². The molecule has 0 bridgehead atoms. The van der Waals surface area contributed by atoms with E-state index in [2.05, 4.69) is 53.7 Å². The van der Waals surface area contributed by atoms with Crippen LogP contribution in [0.1, 0.15) is 56.4 Å². The summed E-state index contributed by atoms with van der Waals surface area (Å²) in [6, 6.07) is 4.71. The Bertz CT molecular complexity index is 408. The van der Waals surface area contributed by atoms with E-state index in [1.807, 2.05) is 0 Å². The van der Waals surface area contributed by atoms with Crippen molar-refractivity contribution in [3.63, 3.8) is 0 Å². The summed E-state index contributed by atoms with van der Waals surface area (Å²) in [6.07, 6.45) is 1.26. The molecule has 1 aromatic rings. The molecule has 0 atom stereocenters. The Balaban J connectivity index is 2.75. The van der Waals surface area contributed by atoms with E-state index < -0.39 is 0 Å². The molecule has 0 saturated heterocycles. The summed E-state index contributed by atoms with van der Waals surface area (Å²) in [6.45, 7) is 14.0. The lowest BCUT2D eigenvalue weighted by atomic mass is 9.81. The Morgan fingerprint density at radius 1 is 0.933 bits per heavy atom. The summed E-state index contributed by atoms with van der Waals surface area (Å²) in [4.78, 5) is 0. The van der Waals surface area contributed by atoms with Crippen LogP contribution in [0.2, 0.25) is 0 Å². The number of hydrogen-bond acceptors (Lipinski definition) is 0. The third-order valence-corrected chi connectivity index (χ3v) is 3.77. The van der Waals surface area contributed by atoms with Crippen LogP contribution in [0.25, 0.3) is 0 Å². The van der Waals surface area contributed by atoms with Gasteiger partial charge < -0.3 is 0 Å². The zero-order valence-electron chi connectivity index (χ0n) is 10.9. The smallest absolute Gasteiger partial charge is 0.00897 e. The van der Waals surface area contributed by atoms with E-state index in [0.717, 1.165) is 0 Å². The summed E-state index contributed by atoms with van der Waals surface area (Å²) in [5.41, 5.74) is 6.73. The molecule has 0 aliphatic heterocycles. The molecule has 0 spiro atoms. The highest BCUT2D eigenvalue weighted by Gasteiger charge is 2.42. The largest absolute Gasteiger partial charge is 0.0561 e. The first-order chi connectivity index (χ1) is 6.74. The molecule has 0 unspecified atom stereocenters. The molecule has 0 N–H and O–H groups in total. The van der Waals surface area contributed by atoms with Crippen molar-refractivity contribution in [2.75, 3.05) is 0 Å². The van der Waals surface area contributed by atoms with E-state index in [9.17, 15) is 0 Å². The lowest BCUT2D eigenvalue weighted by Gasteiger charge is -2.23. The standard InChI is InChI=1S/C15H22/c1-10-7-11(2)13-12(8-10)14(3,4)9-15(13,5)6/h7-8H,9H2,1-6H3. The van der Waals surface area contributed by atoms with Crippen LogP contribution in [0, 0.1) is 13.8 Å². The first-order valence-electron chi connectivity index (χ1n) is 5.86. The van der Waals surface area contributed by atoms with Crippen molar-refractivity contribution in [3.8, 4) is 0 Å². The molecule has 15 heavy (non-hydrogen) atoms. The van der Waals surface area contributed by atoms with Gasteiger partial charge in [-0.3, -0.25) is 0 Å². The highest BCUT2D eigenvalue weighted by molar-refractivity contribution is 5.50. The highest BCUT2D eigenvalue weighted by atomic mass is 14.5. The molecule has 0 nitrogen and oxygen atoms in total. The second kappa shape index (κ2) is 2.87. The summed E-state index contributed by atoms with van der Waals surface area (Å²) >= 11 is 0. The molecule has 0 fully saturated rings. The third kappa shape index (κ3) is 1.51. The van der Waals surface area contributed by atoms with Gasteiger partial charge in [-0.15, -0.1) is 0 Å². The fraction of sp³-hybridized carbons (Fsp3) is 0.600. The van der Waals surface area contributed by atoms with Crippen LogP contribution in [-0.2, 0) is 10.8 Å². The lowest BCUT2D eigenvalue weighted by Crippen LogP contribution is -2.18. The van der Waals surface area contributed by atoms with Gasteiger partial charge >= 0.3 is 0 Å². The topological polar surface area (TPSA) is 0 Å². The highest BCUT2D eigenvalue weighted by Crippen LogP contribution is 2.50. The Morgan fingerprint density at radius 3 is 2.13 bits per heavy atom. The number of hydrogen-bond donors (Lipinski definition) is 0. The fourth-order valence-electron chi connectivity index (χ4n) is 3.69. The molecule has 0 amide bonds. The summed E-state index contributed by atoms with van der Waals surface area (Å²) in [7, 11) is 0. The molecule has 0 heterocycles. The van der Waals surface area contributed by atoms with Gasteiger partial charge in [0.15, 0.2) is 0 Å². The van der Waals surface area contributed by atoms with E-state index in [4.69, 9.17) is 0 Å². The molecular formula is C15H22. The molecule has 1 aromatic carbocycles. The van der Waals surface area contributed by atoms with Gasteiger partial charge in [-0.1, -0.05) is 45.4 Å². The molecule has 82 valence electrons. The minimum Gasteiger partial charge on any atom is -0.0561 e. The van der Waals surface area contributed by atoms with E-state index in [1.165, 1.54) is 17.5 Å². The predicted molar refractivity (Wildman–Crippen MR) is 66.6 cm³/mol. The maximum atomic E-state index is 2.39. The predicted octanol–water partition coefficient (Wildman–Crippen LogP) is 4.26. The Hall–Kier alpha value is -0.780. The van der Waals surface area contributed by atoms with E-state index >= 15 is 0 Å². The number of benzene rings is 1. The normalized spacial score (nSPS) is 21.5. The van der Waals surface area contributed by atoms with Crippen molar-refractivity contribution in [2.24, 2.45) is 0 Å². The second-order valence-corrected chi connectivity index (χ2v) is 6.45. The van der Waals surface area contributed by atoms with Crippen LogP contribution < -0.4 is 0 Å². The number of aryl methyl sites for hydroxylation is 2.